The molecule has 0 saturated carbocycles. The van der Waals surface area contributed by atoms with Gasteiger partial charge in [0, 0.05) is 47.6 Å². The molecule has 2 aliphatic heterocycles. The summed E-state index contributed by atoms with van der Waals surface area (Å²) >= 11 is 6.05. The predicted octanol–water partition coefficient (Wildman–Crippen LogP) is 5.73. The number of aromatic amines is 1. The lowest BCUT2D eigenvalue weighted by molar-refractivity contribution is 0.0588. The number of hydrogen-bond acceptors (Lipinski definition) is 2. The van der Waals surface area contributed by atoms with Crippen LogP contribution in [0.25, 0.3) is 10.9 Å². The molecule has 0 aliphatic carbocycles. The smallest absolute Gasteiger partial charge is 0.270 e. The van der Waals surface area contributed by atoms with Gasteiger partial charge in [0.15, 0.2) is 0 Å². The van der Waals surface area contributed by atoms with Gasteiger partial charge in [-0.25, -0.2) is 0 Å². The summed E-state index contributed by atoms with van der Waals surface area (Å²) in [5.74, 6) is 0.696. The number of carbonyl (C=O) groups is 1. The highest BCUT2D eigenvalue weighted by Gasteiger charge is 2.41. The number of nitrogens with one attached hydrogen (secondary N) is 1. The number of H-pyrrole nitrogens is 1. The first-order valence-electron chi connectivity index (χ1n) is 11.5. The number of halogens is 1. The van der Waals surface area contributed by atoms with Gasteiger partial charge in [0.1, 0.15) is 5.69 Å². The minimum atomic E-state index is 0.120. The number of piperidine rings is 1. The van der Waals surface area contributed by atoms with Gasteiger partial charge >= 0.3 is 0 Å². The first-order chi connectivity index (χ1) is 15.1. The van der Waals surface area contributed by atoms with Gasteiger partial charge in [-0.15, -0.1) is 0 Å². The minimum Gasteiger partial charge on any atom is -0.351 e. The van der Waals surface area contributed by atoms with Crippen LogP contribution in [0.2, 0.25) is 5.02 Å². The van der Waals surface area contributed by atoms with Crippen molar-refractivity contribution in [1.82, 2.24) is 14.8 Å². The van der Waals surface area contributed by atoms with E-state index < -0.39 is 0 Å². The highest BCUT2D eigenvalue weighted by atomic mass is 35.5. The Hall–Kier alpha value is -2.30. The summed E-state index contributed by atoms with van der Waals surface area (Å²) in [6.07, 6.45) is 4.91. The fourth-order valence-corrected chi connectivity index (χ4v) is 5.75. The molecule has 3 aromatic rings. The molecule has 0 spiro atoms. The van der Waals surface area contributed by atoms with Crippen LogP contribution in [0, 0.1) is 5.92 Å². The maximum absolute atomic E-state index is 13.2. The van der Waals surface area contributed by atoms with E-state index in [1.54, 1.807) is 0 Å². The minimum absolute atomic E-state index is 0.120. The van der Waals surface area contributed by atoms with E-state index in [4.69, 9.17) is 11.6 Å². The lowest BCUT2D eigenvalue weighted by atomic mass is 9.89. The molecule has 1 aromatic heterocycles. The SMILES string of the molecule is CCN(CC1CC2CCC(C1)N2Cc1ccc(Cl)cc1)C(=O)c1cc2ccccc2[nH]1. The summed E-state index contributed by atoms with van der Waals surface area (Å²) in [5.41, 5.74) is 3.06. The molecule has 5 rings (SSSR count). The third-order valence-corrected chi connectivity index (χ3v) is 7.42. The summed E-state index contributed by atoms with van der Waals surface area (Å²) < 4.78 is 0. The van der Waals surface area contributed by atoms with Gasteiger partial charge in [0.2, 0.25) is 0 Å². The lowest BCUT2D eigenvalue weighted by Gasteiger charge is -2.40. The second-order valence-corrected chi connectivity index (χ2v) is 9.57. The number of hydrogen-bond donors (Lipinski definition) is 1. The Bertz CT molecular complexity index is 1010. The number of rotatable bonds is 6. The highest BCUT2D eigenvalue weighted by Crippen LogP contribution is 2.40. The molecular weight excluding hydrogens is 406 g/mol. The molecular formula is C26H30ClN3O. The van der Waals surface area contributed by atoms with Crippen LogP contribution in [0.4, 0.5) is 0 Å². The summed E-state index contributed by atoms with van der Waals surface area (Å²) in [6.45, 7) is 4.69. The average molecular weight is 436 g/mol. The van der Waals surface area contributed by atoms with E-state index in [1.165, 1.54) is 31.2 Å². The quantitative estimate of drug-likeness (QED) is 0.537. The van der Waals surface area contributed by atoms with Crippen molar-refractivity contribution >= 4 is 28.4 Å². The van der Waals surface area contributed by atoms with Crippen LogP contribution in [0.15, 0.2) is 54.6 Å². The molecule has 5 heteroatoms. The number of aromatic nitrogens is 1. The van der Waals surface area contributed by atoms with E-state index in [2.05, 4.69) is 28.9 Å². The lowest BCUT2D eigenvalue weighted by Crippen LogP contribution is -2.46. The molecule has 2 fully saturated rings. The molecule has 2 saturated heterocycles. The van der Waals surface area contributed by atoms with E-state index in [-0.39, 0.29) is 5.91 Å². The second kappa shape index (κ2) is 8.68. The van der Waals surface area contributed by atoms with Crippen LogP contribution in [0.1, 0.15) is 48.7 Å². The zero-order valence-corrected chi connectivity index (χ0v) is 18.8. The zero-order chi connectivity index (χ0) is 21.4. The molecule has 1 amide bonds. The van der Waals surface area contributed by atoms with Crippen molar-refractivity contribution in [1.29, 1.82) is 0 Å². The zero-order valence-electron chi connectivity index (χ0n) is 18.1. The normalized spacial score (nSPS) is 23.4. The van der Waals surface area contributed by atoms with Crippen molar-refractivity contribution < 1.29 is 4.79 Å². The number of amides is 1. The topological polar surface area (TPSA) is 39.3 Å². The average Bonchev–Trinajstić information content (AvgIpc) is 3.31. The molecule has 162 valence electrons. The van der Waals surface area contributed by atoms with Crippen LogP contribution in [-0.2, 0) is 6.54 Å². The molecule has 4 nitrogen and oxygen atoms in total. The Morgan fingerprint density at radius 2 is 1.81 bits per heavy atom. The Morgan fingerprint density at radius 1 is 1.10 bits per heavy atom. The summed E-state index contributed by atoms with van der Waals surface area (Å²) in [4.78, 5) is 21.2. The largest absolute Gasteiger partial charge is 0.351 e. The van der Waals surface area contributed by atoms with Crippen LogP contribution in [0.3, 0.4) is 0 Å². The molecule has 1 N–H and O–H groups in total. The van der Waals surface area contributed by atoms with Gasteiger partial charge in [-0.05, 0) is 68.4 Å². The van der Waals surface area contributed by atoms with Crippen molar-refractivity contribution in [2.45, 2.75) is 51.2 Å². The Labute approximate surface area is 189 Å². The number of carbonyl (C=O) groups excluding carboxylic acids is 1. The molecule has 2 aliphatic rings. The fourth-order valence-electron chi connectivity index (χ4n) is 5.62. The third kappa shape index (κ3) is 4.24. The molecule has 2 atom stereocenters. The predicted molar refractivity (Wildman–Crippen MR) is 126 cm³/mol. The third-order valence-electron chi connectivity index (χ3n) is 7.17. The van der Waals surface area contributed by atoms with Gasteiger partial charge in [0.25, 0.3) is 5.91 Å². The van der Waals surface area contributed by atoms with Gasteiger partial charge in [-0.1, -0.05) is 41.9 Å². The van der Waals surface area contributed by atoms with Gasteiger partial charge in [0.05, 0.1) is 0 Å². The van der Waals surface area contributed by atoms with Crippen LogP contribution in [-0.4, -0.2) is 45.9 Å². The molecule has 31 heavy (non-hydrogen) atoms. The summed E-state index contributed by atoms with van der Waals surface area (Å²) in [6, 6.07) is 19.6. The number of benzene rings is 2. The molecule has 0 radical (unpaired) electrons. The number of nitrogens with zero attached hydrogens (tertiary/aromatic N) is 2. The van der Waals surface area contributed by atoms with E-state index in [0.29, 0.717) is 23.7 Å². The summed E-state index contributed by atoms with van der Waals surface area (Å²) in [7, 11) is 0. The maximum Gasteiger partial charge on any atom is 0.270 e. The van der Waals surface area contributed by atoms with Crippen molar-refractivity contribution in [2.24, 2.45) is 5.92 Å². The van der Waals surface area contributed by atoms with E-state index in [9.17, 15) is 4.79 Å². The molecule has 2 unspecified atom stereocenters. The molecule has 2 aromatic carbocycles. The van der Waals surface area contributed by atoms with Crippen molar-refractivity contribution in [2.75, 3.05) is 13.1 Å². The van der Waals surface area contributed by atoms with Crippen molar-refractivity contribution in [3.8, 4) is 0 Å². The van der Waals surface area contributed by atoms with Crippen molar-refractivity contribution in [3.05, 3.63) is 70.9 Å². The Morgan fingerprint density at radius 3 is 2.48 bits per heavy atom. The van der Waals surface area contributed by atoms with E-state index in [0.717, 1.165) is 35.6 Å². The second-order valence-electron chi connectivity index (χ2n) is 9.14. The monoisotopic (exact) mass is 435 g/mol. The molecule has 3 heterocycles. The molecule has 2 bridgehead atoms. The van der Waals surface area contributed by atoms with Gasteiger partial charge < -0.3 is 9.88 Å². The van der Waals surface area contributed by atoms with Gasteiger partial charge in [-0.3, -0.25) is 9.69 Å². The Kier molecular flexibility index (Phi) is 5.77. The first kappa shape index (κ1) is 20.6. The maximum atomic E-state index is 13.2. The van der Waals surface area contributed by atoms with Crippen LogP contribution < -0.4 is 0 Å². The number of fused-ring (bicyclic) bond motifs is 3. The van der Waals surface area contributed by atoms with Gasteiger partial charge in [-0.2, -0.15) is 0 Å². The summed E-state index contributed by atoms with van der Waals surface area (Å²) in [5, 5.41) is 1.89. The highest BCUT2D eigenvalue weighted by molar-refractivity contribution is 6.30. The van der Waals surface area contributed by atoms with E-state index in [1.807, 2.05) is 47.4 Å². The Balaban J connectivity index is 1.24. The standard InChI is InChI=1S/C26H30ClN3O/c1-2-29(26(31)25-15-20-5-3-4-6-24(20)28-25)16-19-13-22-11-12-23(14-19)30(22)17-18-7-9-21(27)10-8-18/h3-10,15,19,22-23,28H,2,11-14,16-17H2,1H3. The van der Waals surface area contributed by atoms with Crippen LogP contribution >= 0.6 is 11.6 Å². The van der Waals surface area contributed by atoms with Crippen molar-refractivity contribution in [3.63, 3.8) is 0 Å². The van der Waals surface area contributed by atoms with E-state index >= 15 is 0 Å². The van der Waals surface area contributed by atoms with Crippen LogP contribution in [0.5, 0.6) is 0 Å². The fraction of sp³-hybridized carbons (Fsp3) is 0.423. The first-order valence-corrected chi connectivity index (χ1v) is 11.9. The number of para-hydroxylation sites is 1.